The molecule has 36 heavy (non-hydrogen) atoms. The third kappa shape index (κ3) is 7.80. The van der Waals surface area contributed by atoms with Crippen LogP contribution in [0.4, 0.5) is 11.8 Å². The number of anilines is 2. The van der Waals surface area contributed by atoms with Crippen molar-refractivity contribution in [2.75, 3.05) is 36.8 Å². The average molecular weight is 515 g/mol. The number of carbonyl (C=O) groups is 1. The number of ether oxygens (including phenoxy) is 2. The van der Waals surface area contributed by atoms with E-state index in [1.165, 1.54) is 0 Å². The molecule has 11 nitrogen and oxygen atoms in total. The van der Waals surface area contributed by atoms with E-state index < -0.39 is 0 Å². The topological polar surface area (TPSA) is 154 Å². The summed E-state index contributed by atoms with van der Waals surface area (Å²) in [6.07, 6.45) is 6.63. The Morgan fingerprint density at radius 3 is 2.81 bits per heavy atom. The van der Waals surface area contributed by atoms with Crippen LogP contribution in [0.1, 0.15) is 54.4 Å². The molecule has 0 amide bonds. The van der Waals surface area contributed by atoms with Crippen LogP contribution in [-0.4, -0.2) is 68.8 Å². The van der Waals surface area contributed by atoms with Crippen LogP contribution in [-0.2, 0) is 28.8 Å². The summed E-state index contributed by atoms with van der Waals surface area (Å²) in [7, 11) is 1.65. The smallest absolute Gasteiger partial charge is 0.293 e. The molecule has 0 saturated carbocycles. The molecule has 0 spiro atoms. The van der Waals surface area contributed by atoms with Crippen LogP contribution in [0.5, 0.6) is 5.75 Å². The summed E-state index contributed by atoms with van der Waals surface area (Å²) >= 11 is 1.82. The maximum Gasteiger partial charge on any atom is 0.293 e. The second kappa shape index (κ2) is 14.2. The Balaban J connectivity index is 2.00. The van der Waals surface area contributed by atoms with Crippen molar-refractivity contribution < 1.29 is 14.3 Å². The van der Waals surface area contributed by atoms with Crippen molar-refractivity contribution in [3.05, 3.63) is 46.4 Å². The van der Waals surface area contributed by atoms with E-state index in [0.717, 1.165) is 53.1 Å². The van der Waals surface area contributed by atoms with Crippen LogP contribution < -0.4 is 15.8 Å². The van der Waals surface area contributed by atoms with Crippen molar-refractivity contribution in [1.29, 1.82) is 0 Å². The number of carbonyl (C=O) groups excluding carboxylic acids is 1. The zero-order valence-electron chi connectivity index (χ0n) is 21.0. The van der Waals surface area contributed by atoms with Crippen LogP contribution in [0.15, 0.2) is 18.2 Å². The van der Waals surface area contributed by atoms with Crippen LogP contribution in [0.3, 0.4) is 0 Å². The lowest BCUT2D eigenvalue weighted by molar-refractivity contribution is -0.128. The van der Waals surface area contributed by atoms with E-state index in [-0.39, 0.29) is 18.6 Å². The second-order valence-electron chi connectivity index (χ2n) is 8.31. The highest BCUT2D eigenvalue weighted by Crippen LogP contribution is 2.29. The molecule has 3 aromatic rings. The van der Waals surface area contributed by atoms with Crippen LogP contribution in [0, 0.1) is 0 Å². The van der Waals surface area contributed by atoms with Gasteiger partial charge in [-0.25, -0.2) is 4.98 Å². The Labute approximate surface area is 215 Å². The molecular weight excluding hydrogens is 480 g/mol. The summed E-state index contributed by atoms with van der Waals surface area (Å²) in [5.41, 5.74) is 9.73. The molecule has 194 valence electrons. The number of hydrogen-bond donors (Lipinski definition) is 3. The molecule has 2 aromatic heterocycles. The zero-order valence-corrected chi connectivity index (χ0v) is 21.8. The van der Waals surface area contributed by atoms with Crippen molar-refractivity contribution in [3.63, 3.8) is 0 Å². The highest BCUT2D eigenvalue weighted by Gasteiger charge is 2.19. The Hall–Kier alpha value is -3.41. The summed E-state index contributed by atoms with van der Waals surface area (Å²) in [6.45, 7) is 2.81. The SMILES string of the molecule is CCC[C@@H](CCSC)Nc1nc(N)nc(CCOC=O)c1Cc1cc(Cc2nn[nH]n2)ccc1OC. The predicted molar refractivity (Wildman–Crippen MR) is 140 cm³/mol. The Kier molecular flexibility index (Phi) is 10.7. The van der Waals surface area contributed by atoms with Crippen molar-refractivity contribution in [1.82, 2.24) is 30.6 Å². The largest absolute Gasteiger partial charge is 0.496 e. The fourth-order valence-electron chi connectivity index (χ4n) is 4.07. The van der Waals surface area contributed by atoms with Crippen LogP contribution in [0.2, 0.25) is 0 Å². The molecule has 0 radical (unpaired) electrons. The molecule has 1 aromatic carbocycles. The van der Waals surface area contributed by atoms with Gasteiger partial charge in [-0.05, 0) is 42.0 Å². The number of H-pyrrole nitrogens is 1. The van der Waals surface area contributed by atoms with Crippen molar-refractivity contribution in [3.8, 4) is 5.75 Å². The van der Waals surface area contributed by atoms with Gasteiger partial charge in [0.2, 0.25) is 5.95 Å². The van der Waals surface area contributed by atoms with Gasteiger partial charge in [0, 0.05) is 30.9 Å². The number of thioether (sulfide) groups is 1. The van der Waals surface area contributed by atoms with Crippen molar-refractivity contribution >= 4 is 30.0 Å². The number of methoxy groups -OCH3 is 1. The fraction of sp³-hybridized carbons (Fsp3) is 0.500. The van der Waals surface area contributed by atoms with Crippen molar-refractivity contribution in [2.45, 2.75) is 51.5 Å². The normalized spacial score (nSPS) is 11.8. The minimum absolute atomic E-state index is 0.181. The van der Waals surface area contributed by atoms with Gasteiger partial charge in [0.25, 0.3) is 6.47 Å². The quantitative estimate of drug-likeness (QED) is 0.191. The second-order valence-corrected chi connectivity index (χ2v) is 9.30. The van der Waals surface area contributed by atoms with E-state index in [0.29, 0.717) is 37.4 Å². The molecule has 1 atom stereocenters. The number of benzene rings is 1. The number of tetrazole rings is 1. The van der Waals surface area contributed by atoms with E-state index in [4.69, 9.17) is 15.2 Å². The third-order valence-electron chi connectivity index (χ3n) is 5.75. The number of aromatic amines is 1. The molecule has 0 fully saturated rings. The molecule has 0 aliphatic heterocycles. The van der Waals surface area contributed by atoms with E-state index >= 15 is 0 Å². The van der Waals surface area contributed by atoms with Gasteiger partial charge in [-0.15, -0.1) is 10.2 Å². The van der Waals surface area contributed by atoms with E-state index in [1.54, 1.807) is 7.11 Å². The van der Waals surface area contributed by atoms with Gasteiger partial charge in [-0.3, -0.25) is 4.79 Å². The monoisotopic (exact) mass is 514 g/mol. The lowest BCUT2D eigenvalue weighted by Crippen LogP contribution is -2.23. The molecule has 0 bridgehead atoms. The number of nitrogens with two attached hydrogens (primary N) is 1. The first-order valence-corrected chi connectivity index (χ1v) is 13.3. The van der Waals surface area contributed by atoms with Gasteiger partial charge in [0.05, 0.1) is 19.4 Å². The fourth-order valence-corrected chi connectivity index (χ4v) is 4.59. The van der Waals surface area contributed by atoms with Gasteiger partial charge >= 0.3 is 0 Å². The first-order valence-electron chi connectivity index (χ1n) is 11.9. The van der Waals surface area contributed by atoms with Gasteiger partial charge in [-0.2, -0.15) is 22.0 Å². The van der Waals surface area contributed by atoms with Gasteiger partial charge in [0.15, 0.2) is 5.82 Å². The molecule has 0 unspecified atom stereocenters. The number of aromatic nitrogens is 6. The standard InChI is InChI=1S/C24H34N8O3S/c1-4-5-18(9-11-36-3)26-23-19(20(8-10-35-15-33)27-24(25)28-23)14-17-12-16(6-7-21(17)34-2)13-22-29-31-32-30-22/h6-7,12,15,18H,4-5,8-11,13-14H2,1-3H3,(H3,25,26,27,28)(H,29,30,31,32)/t18-/m0/s1. The minimum Gasteiger partial charge on any atom is -0.496 e. The lowest BCUT2D eigenvalue weighted by Gasteiger charge is -2.22. The molecule has 2 heterocycles. The maximum absolute atomic E-state index is 10.7. The molecular formula is C24H34N8O3S. The summed E-state index contributed by atoms with van der Waals surface area (Å²) < 4.78 is 10.6. The third-order valence-corrected chi connectivity index (χ3v) is 6.39. The molecule has 0 aliphatic rings. The Morgan fingerprint density at radius 2 is 2.11 bits per heavy atom. The first-order chi connectivity index (χ1) is 17.6. The van der Waals surface area contributed by atoms with E-state index in [2.05, 4.69) is 55.2 Å². The number of rotatable bonds is 16. The van der Waals surface area contributed by atoms with Gasteiger partial charge in [-0.1, -0.05) is 30.7 Å². The number of nitrogen functional groups attached to an aromatic ring is 1. The van der Waals surface area contributed by atoms with Crippen LogP contribution >= 0.6 is 11.8 Å². The molecule has 12 heteroatoms. The highest BCUT2D eigenvalue weighted by molar-refractivity contribution is 7.98. The van der Waals surface area contributed by atoms with Gasteiger partial charge < -0.3 is 20.5 Å². The van der Waals surface area contributed by atoms with Crippen molar-refractivity contribution in [2.24, 2.45) is 0 Å². The Bertz CT molecular complexity index is 1100. The number of nitrogens with one attached hydrogen (secondary N) is 2. The minimum atomic E-state index is 0.181. The average Bonchev–Trinajstić information content (AvgIpc) is 3.38. The Morgan fingerprint density at radius 1 is 1.25 bits per heavy atom. The van der Waals surface area contributed by atoms with E-state index in [9.17, 15) is 4.79 Å². The molecule has 0 saturated heterocycles. The first kappa shape index (κ1) is 27.2. The summed E-state index contributed by atoms with van der Waals surface area (Å²) in [4.78, 5) is 19.8. The highest BCUT2D eigenvalue weighted by atomic mass is 32.2. The predicted octanol–water partition coefficient (Wildman–Crippen LogP) is 2.81. The van der Waals surface area contributed by atoms with Gasteiger partial charge in [0.1, 0.15) is 11.6 Å². The van der Waals surface area contributed by atoms with E-state index in [1.807, 2.05) is 23.9 Å². The maximum atomic E-state index is 10.7. The van der Waals surface area contributed by atoms with Crippen LogP contribution in [0.25, 0.3) is 0 Å². The molecule has 0 aliphatic carbocycles. The molecule has 3 rings (SSSR count). The lowest BCUT2D eigenvalue weighted by atomic mass is 9.98. The number of hydrogen-bond acceptors (Lipinski definition) is 11. The summed E-state index contributed by atoms with van der Waals surface area (Å²) in [5, 5.41) is 17.9. The summed E-state index contributed by atoms with van der Waals surface area (Å²) in [6, 6.07) is 6.23. The molecule has 4 N–H and O–H groups in total. The number of nitrogens with zero attached hydrogens (tertiary/aromatic N) is 5. The summed E-state index contributed by atoms with van der Waals surface area (Å²) in [5.74, 6) is 3.28. The zero-order chi connectivity index (χ0) is 25.8.